The van der Waals surface area contributed by atoms with Gasteiger partial charge in [-0.25, -0.2) is 4.98 Å². The summed E-state index contributed by atoms with van der Waals surface area (Å²) in [7, 11) is 0. The average Bonchev–Trinajstić information content (AvgIpc) is 3.30. The molecule has 1 saturated heterocycles. The predicted octanol–water partition coefficient (Wildman–Crippen LogP) is 7.08. The van der Waals surface area contributed by atoms with E-state index in [-0.39, 0.29) is 16.3 Å². The number of nitrogens with one attached hydrogen (secondary N) is 1. The SMILES string of the molecule is Cc1ccc(-c2nc3ccccc3s2)cc1NC(=O)c1cc([N+](=O)[O-])c(N2CCCCC2)cc1Cl. The topological polar surface area (TPSA) is 88.4 Å². The Morgan fingerprint density at radius 2 is 1.89 bits per heavy atom. The molecule has 1 fully saturated rings. The molecule has 1 N–H and O–H groups in total. The van der Waals surface area contributed by atoms with E-state index in [1.807, 2.05) is 54.3 Å². The van der Waals surface area contributed by atoms with Crippen molar-refractivity contribution in [3.05, 3.63) is 80.9 Å². The number of aryl methyl sites for hydroxylation is 1. The van der Waals surface area contributed by atoms with Gasteiger partial charge in [-0.05, 0) is 56.0 Å². The predicted molar refractivity (Wildman–Crippen MR) is 142 cm³/mol. The molecule has 1 amide bonds. The second-order valence-corrected chi connectivity index (χ2v) is 10.0. The molecule has 0 saturated carbocycles. The van der Waals surface area contributed by atoms with E-state index in [1.165, 1.54) is 6.07 Å². The van der Waals surface area contributed by atoms with Crippen LogP contribution in [0.4, 0.5) is 17.1 Å². The number of rotatable bonds is 5. The molecule has 1 aromatic heterocycles. The third-order valence-electron chi connectivity index (χ3n) is 6.23. The van der Waals surface area contributed by atoms with Crippen LogP contribution in [-0.2, 0) is 0 Å². The first-order valence-corrected chi connectivity index (χ1v) is 12.6. The number of aromatic nitrogens is 1. The van der Waals surface area contributed by atoms with E-state index in [0.717, 1.165) is 58.7 Å². The minimum absolute atomic E-state index is 0.0731. The van der Waals surface area contributed by atoms with Crippen molar-refractivity contribution in [2.75, 3.05) is 23.3 Å². The van der Waals surface area contributed by atoms with Crippen molar-refractivity contribution in [3.8, 4) is 10.6 Å². The summed E-state index contributed by atoms with van der Waals surface area (Å²) in [6.07, 6.45) is 3.05. The van der Waals surface area contributed by atoms with Crippen LogP contribution in [0.25, 0.3) is 20.8 Å². The number of carbonyl (C=O) groups is 1. The molecule has 0 unspecified atom stereocenters. The molecule has 9 heteroatoms. The zero-order valence-electron chi connectivity index (χ0n) is 19.1. The van der Waals surface area contributed by atoms with E-state index in [9.17, 15) is 14.9 Å². The Labute approximate surface area is 211 Å². The Bertz CT molecular complexity index is 1410. The normalized spacial score (nSPS) is 13.7. The second kappa shape index (κ2) is 9.64. The number of hydrogen-bond donors (Lipinski definition) is 1. The number of nitrogens with zero attached hydrogens (tertiary/aromatic N) is 3. The van der Waals surface area contributed by atoms with E-state index in [2.05, 4.69) is 5.32 Å². The molecule has 1 aliphatic heterocycles. The summed E-state index contributed by atoms with van der Waals surface area (Å²) < 4.78 is 1.08. The number of para-hydroxylation sites is 1. The molecule has 0 atom stereocenters. The number of hydrogen-bond acceptors (Lipinski definition) is 6. The number of amides is 1. The lowest BCUT2D eigenvalue weighted by molar-refractivity contribution is -0.384. The van der Waals surface area contributed by atoms with E-state index in [0.29, 0.717) is 11.4 Å². The fourth-order valence-corrected chi connectivity index (χ4v) is 5.54. The molecule has 1 aliphatic rings. The molecular weight excluding hydrogens is 484 g/mol. The number of fused-ring (bicyclic) bond motifs is 1. The van der Waals surface area contributed by atoms with Crippen LogP contribution in [0.3, 0.4) is 0 Å². The number of thiazole rings is 1. The van der Waals surface area contributed by atoms with Crippen molar-refractivity contribution in [1.29, 1.82) is 0 Å². The Kier molecular flexibility index (Phi) is 6.40. The Hall–Kier alpha value is -3.49. The maximum absolute atomic E-state index is 13.2. The smallest absolute Gasteiger partial charge is 0.293 e. The van der Waals surface area contributed by atoms with Gasteiger partial charge in [-0.3, -0.25) is 14.9 Å². The van der Waals surface area contributed by atoms with Gasteiger partial charge in [-0.1, -0.05) is 35.9 Å². The van der Waals surface area contributed by atoms with Gasteiger partial charge >= 0.3 is 0 Å². The van der Waals surface area contributed by atoms with Crippen molar-refractivity contribution in [2.24, 2.45) is 0 Å². The van der Waals surface area contributed by atoms with E-state index in [1.54, 1.807) is 17.4 Å². The molecule has 0 radical (unpaired) electrons. The minimum atomic E-state index is -0.493. The number of anilines is 2. The summed E-state index contributed by atoms with van der Waals surface area (Å²) in [5.74, 6) is -0.493. The van der Waals surface area contributed by atoms with Gasteiger partial charge in [0.1, 0.15) is 10.7 Å². The Morgan fingerprint density at radius 3 is 2.63 bits per heavy atom. The van der Waals surface area contributed by atoms with Crippen LogP contribution in [0.1, 0.15) is 35.2 Å². The van der Waals surface area contributed by atoms with Crippen molar-refractivity contribution < 1.29 is 9.72 Å². The Balaban J connectivity index is 1.45. The summed E-state index contributed by atoms with van der Waals surface area (Å²) >= 11 is 8.06. The molecule has 0 aliphatic carbocycles. The van der Waals surface area contributed by atoms with E-state index >= 15 is 0 Å². The van der Waals surface area contributed by atoms with Crippen molar-refractivity contribution in [3.63, 3.8) is 0 Å². The van der Waals surface area contributed by atoms with Gasteiger partial charge in [0.25, 0.3) is 11.6 Å². The van der Waals surface area contributed by atoms with Crippen LogP contribution in [0.5, 0.6) is 0 Å². The lowest BCUT2D eigenvalue weighted by atomic mass is 10.1. The van der Waals surface area contributed by atoms with Crippen LogP contribution in [0.2, 0.25) is 5.02 Å². The maximum atomic E-state index is 13.2. The number of carbonyl (C=O) groups excluding carboxylic acids is 1. The zero-order valence-corrected chi connectivity index (χ0v) is 20.7. The van der Waals surface area contributed by atoms with Crippen LogP contribution >= 0.6 is 22.9 Å². The fraction of sp³-hybridized carbons (Fsp3) is 0.231. The lowest BCUT2D eigenvalue weighted by Crippen LogP contribution is -2.30. The molecular formula is C26H23ClN4O3S. The molecule has 0 bridgehead atoms. The number of piperidine rings is 1. The fourth-order valence-electron chi connectivity index (χ4n) is 4.33. The third-order valence-corrected chi connectivity index (χ3v) is 7.63. The van der Waals surface area contributed by atoms with Crippen LogP contribution in [-0.4, -0.2) is 28.9 Å². The summed E-state index contributed by atoms with van der Waals surface area (Å²) in [4.78, 5) is 31.3. The largest absolute Gasteiger partial charge is 0.366 e. The van der Waals surface area contributed by atoms with E-state index in [4.69, 9.17) is 16.6 Å². The van der Waals surface area contributed by atoms with Crippen molar-refractivity contribution in [2.45, 2.75) is 26.2 Å². The van der Waals surface area contributed by atoms with Crippen molar-refractivity contribution in [1.82, 2.24) is 4.98 Å². The van der Waals surface area contributed by atoms with Gasteiger partial charge in [0.15, 0.2) is 0 Å². The Morgan fingerprint density at radius 1 is 1.11 bits per heavy atom. The maximum Gasteiger partial charge on any atom is 0.293 e. The minimum Gasteiger partial charge on any atom is -0.366 e. The van der Waals surface area contributed by atoms with Gasteiger partial charge < -0.3 is 10.2 Å². The zero-order chi connectivity index (χ0) is 24.5. The van der Waals surface area contributed by atoms with Gasteiger partial charge in [0.2, 0.25) is 0 Å². The van der Waals surface area contributed by atoms with Gasteiger partial charge in [0, 0.05) is 30.4 Å². The average molecular weight is 507 g/mol. The highest BCUT2D eigenvalue weighted by molar-refractivity contribution is 7.21. The van der Waals surface area contributed by atoms with E-state index < -0.39 is 10.8 Å². The van der Waals surface area contributed by atoms with Gasteiger partial charge in [-0.2, -0.15) is 0 Å². The molecule has 2 heterocycles. The highest BCUT2D eigenvalue weighted by Crippen LogP contribution is 2.36. The monoisotopic (exact) mass is 506 g/mol. The molecule has 5 rings (SSSR count). The first-order chi connectivity index (χ1) is 16.9. The van der Waals surface area contributed by atoms with Crippen LogP contribution in [0.15, 0.2) is 54.6 Å². The number of benzene rings is 3. The molecule has 7 nitrogen and oxygen atoms in total. The number of halogens is 1. The molecule has 0 spiro atoms. The van der Waals surface area contributed by atoms with Crippen LogP contribution in [0, 0.1) is 17.0 Å². The quantitative estimate of drug-likeness (QED) is 0.231. The molecule has 4 aromatic rings. The van der Waals surface area contributed by atoms with Gasteiger partial charge in [-0.15, -0.1) is 11.3 Å². The summed E-state index contributed by atoms with van der Waals surface area (Å²) in [5, 5.41) is 15.8. The van der Waals surface area contributed by atoms with Crippen molar-refractivity contribution >= 4 is 56.1 Å². The van der Waals surface area contributed by atoms with Gasteiger partial charge in [0.05, 0.1) is 25.7 Å². The summed E-state index contributed by atoms with van der Waals surface area (Å²) in [6, 6.07) is 16.5. The lowest BCUT2D eigenvalue weighted by Gasteiger charge is -2.28. The highest BCUT2D eigenvalue weighted by Gasteiger charge is 2.26. The van der Waals surface area contributed by atoms with Crippen LogP contribution < -0.4 is 10.2 Å². The summed E-state index contributed by atoms with van der Waals surface area (Å²) in [6.45, 7) is 3.36. The standard InChI is InChI=1S/C26H23ClN4O3S/c1-16-9-10-17(26-29-20-7-3-4-8-24(20)35-26)13-21(16)28-25(32)18-14-23(31(33)34)22(15-19(18)27)30-11-5-2-6-12-30/h3-4,7-10,13-15H,2,5-6,11-12H2,1H3,(H,28,32). The first kappa shape index (κ1) is 23.3. The molecule has 3 aromatic carbocycles. The third kappa shape index (κ3) is 4.72. The first-order valence-electron chi connectivity index (χ1n) is 11.4. The second-order valence-electron chi connectivity index (χ2n) is 8.60. The highest BCUT2D eigenvalue weighted by atomic mass is 35.5. The number of nitro benzene ring substituents is 1. The summed E-state index contributed by atoms with van der Waals surface area (Å²) in [5.41, 5.74) is 3.69. The number of nitro groups is 1. The molecule has 35 heavy (non-hydrogen) atoms. The molecule has 178 valence electrons.